The van der Waals surface area contributed by atoms with Crippen LogP contribution in [0, 0.1) is 0 Å². The summed E-state index contributed by atoms with van der Waals surface area (Å²) in [6.07, 6.45) is 7.69. The van der Waals surface area contributed by atoms with Crippen LogP contribution in [0.3, 0.4) is 0 Å². The van der Waals surface area contributed by atoms with Crippen LogP contribution in [0.25, 0.3) is 6.08 Å². The summed E-state index contributed by atoms with van der Waals surface area (Å²) < 4.78 is 5.10. The molecule has 0 aliphatic carbocycles. The van der Waals surface area contributed by atoms with E-state index in [1.165, 1.54) is 12.2 Å². The maximum Gasteiger partial charge on any atom is 0.330 e. The van der Waals surface area contributed by atoms with Gasteiger partial charge in [0.1, 0.15) is 6.10 Å². The van der Waals surface area contributed by atoms with Gasteiger partial charge in [-0.3, -0.25) is 4.79 Å². The molecule has 1 heterocycles. The van der Waals surface area contributed by atoms with Crippen LogP contribution < -0.4 is 5.32 Å². The average Bonchev–Trinajstić information content (AvgIpc) is 2.46. The molecule has 4 heteroatoms. The molecular formula is C16H17NO3. The summed E-state index contributed by atoms with van der Waals surface area (Å²) in [5, 5.41) is 2.77. The van der Waals surface area contributed by atoms with E-state index in [1.54, 1.807) is 12.2 Å². The van der Waals surface area contributed by atoms with Crippen molar-refractivity contribution in [2.45, 2.75) is 18.9 Å². The first kappa shape index (κ1) is 14.1. The zero-order valence-corrected chi connectivity index (χ0v) is 11.1. The first-order valence-electron chi connectivity index (χ1n) is 6.62. The number of benzene rings is 1. The van der Waals surface area contributed by atoms with Crippen LogP contribution in [0.2, 0.25) is 0 Å². The van der Waals surface area contributed by atoms with Crippen molar-refractivity contribution >= 4 is 18.0 Å². The fraction of sp³-hybridized carbons (Fsp3) is 0.250. The van der Waals surface area contributed by atoms with Crippen LogP contribution in [-0.4, -0.2) is 24.5 Å². The molecule has 0 aromatic heterocycles. The van der Waals surface area contributed by atoms with E-state index in [0.29, 0.717) is 19.4 Å². The Balaban J connectivity index is 1.69. The minimum Gasteiger partial charge on any atom is -0.459 e. The van der Waals surface area contributed by atoms with Gasteiger partial charge in [0.25, 0.3) is 0 Å². The summed E-state index contributed by atoms with van der Waals surface area (Å²) in [7, 11) is 0. The maximum absolute atomic E-state index is 11.6. The molecule has 4 nitrogen and oxygen atoms in total. The molecule has 104 valence electrons. The van der Waals surface area contributed by atoms with Gasteiger partial charge >= 0.3 is 5.97 Å². The lowest BCUT2D eigenvalue weighted by Gasteiger charge is -2.18. The Hall–Kier alpha value is -2.36. The summed E-state index contributed by atoms with van der Waals surface area (Å²) >= 11 is 0. The number of rotatable bonds is 5. The van der Waals surface area contributed by atoms with Crippen molar-refractivity contribution in [1.82, 2.24) is 5.32 Å². The smallest absolute Gasteiger partial charge is 0.330 e. The highest BCUT2D eigenvalue weighted by Crippen LogP contribution is 2.10. The van der Waals surface area contributed by atoms with Gasteiger partial charge in [-0.2, -0.15) is 0 Å². The SMILES string of the molecule is O=C(/C=C/c1ccccc1)NCC[C@H]1CC=CC(=O)O1. The zero-order valence-electron chi connectivity index (χ0n) is 11.1. The first-order valence-corrected chi connectivity index (χ1v) is 6.62. The van der Waals surface area contributed by atoms with Crippen molar-refractivity contribution in [3.8, 4) is 0 Å². The van der Waals surface area contributed by atoms with Crippen LogP contribution in [0.4, 0.5) is 0 Å². The van der Waals surface area contributed by atoms with Gasteiger partial charge in [-0.25, -0.2) is 4.79 Å². The summed E-state index contributed by atoms with van der Waals surface area (Å²) in [6.45, 7) is 0.490. The van der Waals surface area contributed by atoms with E-state index in [2.05, 4.69) is 5.32 Å². The maximum atomic E-state index is 11.6. The number of ether oxygens (including phenoxy) is 1. The van der Waals surface area contributed by atoms with Gasteiger partial charge in [-0.05, 0) is 11.6 Å². The van der Waals surface area contributed by atoms with Crippen molar-refractivity contribution in [2.75, 3.05) is 6.54 Å². The van der Waals surface area contributed by atoms with E-state index in [-0.39, 0.29) is 18.0 Å². The van der Waals surface area contributed by atoms with E-state index >= 15 is 0 Å². The van der Waals surface area contributed by atoms with Gasteiger partial charge in [0.15, 0.2) is 0 Å². The number of esters is 1. The Kier molecular flexibility index (Phi) is 5.12. The van der Waals surface area contributed by atoms with Gasteiger partial charge in [-0.15, -0.1) is 0 Å². The monoisotopic (exact) mass is 271 g/mol. The summed E-state index contributed by atoms with van der Waals surface area (Å²) in [4.78, 5) is 22.6. The number of amides is 1. The molecule has 0 fully saturated rings. The van der Waals surface area contributed by atoms with Crippen molar-refractivity contribution in [3.05, 3.63) is 54.1 Å². The van der Waals surface area contributed by atoms with E-state index < -0.39 is 0 Å². The molecule has 1 aromatic rings. The fourth-order valence-electron chi connectivity index (χ4n) is 1.90. The standard InChI is InChI=1S/C16H17NO3/c18-15(10-9-13-5-2-1-3-6-13)17-12-11-14-7-4-8-16(19)20-14/h1-6,8-10,14H,7,11-12H2,(H,17,18)/b10-9+/t14-/m1/s1. The van der Waals surface area contributed by atoms with Crippen molar-refractivity contribution in [2.24, 2.45) is 0 Å². The largest absolute Gasteiger partial charge is 0.459 e. The molecule has 0 spiro atoms. The third kappa shape index (κ3) is 4.72. The van der Waals surface area contributed by atoms with Gasteiger partial charge in [0.05, 0.1) is 0 Å². The predicted molar refractivity (Wildman–Crippen MR) is 76.7 cm³/mol. The lowest BCUT2D eigenvalue weighted by Crippen LogP contribution is -2.28. The number of hydrogen-bond acceptors (Lipinski definition) is 3. The number of hydrogen-bond donors (Lipinski definition) is 1. The van der Waals surface area contributed by atoms with Crippen LogP contribution in [0.1, 0.15) is 18.4 Å². The van der Waals surface area contributed by atoms with Crippen molar-refractivity contribution in [3.63, 3.8) is 0 Å². The molecule has 1 aliphatic rings. The molecule has 0 unspecified atom stereocenters. The summed E-state index contributed by atoms with van der Waals surface area (Å²) in [5.41, 5.74) is 0.981. The van der Waals surface area contributed by atoms with Gasteiger partial charge in [0.2, 0.25) is 5.91 Å². The summed E-state index contributed by atoms with van der Waals surface area (Å²) in [5.74, 6) is -0.455. The second-order valence-corrected chi connectivity index (χ2v) is 4.52. The molecule has 0 bridgehead atoms. The van der Waals surface area contributed by atoms with Crippen molar-refractivity contribution in [1.29, 1.82) is 0 Å². The number of carbonyl (C=O) groups is 2. The molecule has 20 heavy (non-hydrogen) atoms. The van der Waals surface area contributed by atoms with Crippen LogP contribution in [-0.2, 0) is 14.3 Å². The molecule has 1 aromatic carbocycles. The van der Waals surface area contributed by atoms with E-state index in [1.807, 2.05) is 30.3 Å². The Morgan fingerprint density at radius 2 is 2.15 bits per heavy atom. The average molecular weight is 271 g/mol. The van der Waals surface area contributed by atoms with Crippen LogP contribution in [0.5, 0.6) is 0 Å². The highest BCUT2D eigenvalue weighted by atomic mass is 16.5. The number of carbonyl (C=O) groups excluding carboxylic acids is 2. The Labute approximate surface area is 118 Å². The van der Waals surface area contributed by atoms with E-state index in [9.17, 15) is 9.59 Å². The normalized spacial score (nSPS) is 18.0. The molecule has 1 aliphatic heterocycles. The number of nitrogens with one attached hydrogen (secondary N) is 1. The highest BCUT2D eigenvalue weighted by molar-refractivity contribution is 5.91. The van der Waals surface area contributed by atoms with Gasteiger partial charge in [0, 0.05) is 31.5 Å². The molecule has 1 atom stereocenters. The number of cyclic esters (lactones) is 1. The Morgan fingerprint density at radius 1 is 1.35 bits per heavy atom. The Bertz CT molecular complexity index is 520. The minimum atomic E-state index is -0.309. The van der Waals surface area contributed by atoms with E-state index in [0.717, 1.165) is 5.56 Å². The molecule has 1 N–H and O–H groups in total. The first-order chi connectivity index (χ1) is 9.74. The van der Waals surface area contributed by atoms with E-state index in [4.69, 9.17) is 4.74 Å². The third-order valence-electron chi connectivity index (χ3n) is 2.93. The van der Waals surface area contributed by atoms with Gasteiger partial charge in [-0.1, -0.05) is 36.4 Å². The topological polar surface area (TPSA) is 55.4 Å². The summed E-state index contributed by atoms with van der Waals surface area (Å²) in [6, 6.07) is 9.62. The second-order valence-electron chi connectivity index (χ2n) is 4.52. The van der Waals surface area contributed by atoms with Gasteiger partial charge < -0.3 is 10.1 Å². The Morgan fingerprint density at radius 3 is 2.90 bits per heavy atom. The third-order valence-corrected chi connectivity index (χ3v) is 2.93. The lowest BCUT2D eigenvalue weighted by atomic mass is 10.1. The van der Waals surface area contributed by atoms with Crippen LogP contribution in [0.15, 0.2) is 48.6 Å². The predicted octanol–water partition coefficient (Wildman–Crippen LogP) is 2.08. The molecule has 1 amide bonds. The molecule has 0 saturated carbocycles. The quantitative estimate of drug-likeness (QED) is 0.659. The molecule has 2 rings (SSSR count). The minimum absolute atomic E-state index is 0.133. The highest BCUT2D eigenvalue weighted by Gasteiger charge is 2.15. The molecule has 0 radical (unpaired) electrons. The molecule has 0 saturated heterocycles. The van der Waals surface area contributed by atoms with Crippen molar-refractivity contribution < 1.29 is 14.3 Å². The lowest BCUT2D eigenvalue weighted by molar-refractivity contribution is -0.144. The molecular weight excluding hydrogens is 254 g/mol. The van der Waals surface area contributed by atoms with Crippen LogP contribution >= 0.6 is 0 Å². The fourth-order valence-corrected chi connectivity index (χ4v) is 1.90. The second kappa shape index (κ2) is 7.28. The zero-order chi connectivity index (χ0) is 14.2.